The van der Waals surface area contributed by atoms with Gasteiger partial charge in [-0.15, -0.1) is 0 Å². The summed E-state index contributed by atoms with van der Waals surface area (Å²) < 4.78 is 101. The van der Waals surface area contributed by atoms with Gasteiger partial charge in [0.05, 0.1) is 23.3 Å². The summed E-state index contributed by atoms with van der Waals surface area (Å²) in [6, 6.07) is 10.4. The molecule has 3 aromatic rings. The molecular formula is C26H23F7NO2+. The second-order valence-electron chi connectivity index (χ2n) is 9.02. The highest BCUT2D eigenvalue weighted by atomic mass is 19.4. The lowest BCUT2D eigenvalue weighted by molar-refractivity contribution is -0.910. The Morgan fingerprint density at radius 1 is 0.944 bits per heavy atom. The van der Waals surface area contributed by atoms with Crippen LogP contribution in [0.1, 0.15) is 71.7 Å². The number of pyridine rings is 1. The number of halogens is 7. The largest absolute Gasteiger partial charge is 0.416 e. The van der Waals surface area contributed by atoms with Crippen LogP contribution in [0.25, 0.3) is 0 Å². The first kappa shape index (κ1) is 25.9. The molecule has 0 aliphatic heterocycles. The molecule has 3 nitrogen and oxygen atoms in total. The van der Waals surface area contributed by atoms with Crippen LogP contribution in [0, 0.1) is 5.82 Å². The predicted molar refractivity (Wildman–Crippen MR) is 115 cm³/mol. The average molecular weight is 514 g/mol. The Hall–Kier alpha value is -3.14. The molecule has 0 spiro atoms. The molecule has 1 aromatic heterocycles. The van der Waals surface area contributed by atoms with Crippen LogP contribution in [0.15, 0.2) is 60.8 Å². The Kier molecular flexibility index (Phi) is 6.76. The van der Waals surface area contributed by atoms with Crippen molar-refractivity contribution in [1.82, 2.24) is 0 Å². The lowest BCUT2D eigenvalue weighted by atomic mass is 9.74. The van der Waals surface area contributed by atoms with Gasteiger partial charge in [0.25, 0.3) is 0 Å². The lowest BCUT2D eigenvalue weighted by Crippen LogP contribution is -2.43. The van der Waals surface area contributed by atoms with Crippen molar-refractivity contribution in [1.29, 1.82) is 0 Å². The normalized spacial score (nSPS) is 21.2. The van der Waals surface area contributed by atoms with Gasteiger partial charge in [0, 0.05) is 28.2 Å². The van der Waals surface area contributed by atoms with Gasteiger partial charge in [-0.1, -0.05) is 19.1 Å². The first-order valence-corrected chi connectivity index (χ1v) is 11.2. The maximum Gasteiger partial charge on any atom is 0.416 e. The molecule has 0 radical (unpaired) electrons. The number of alkyl halides is 6. The van der Waals surface area contributed by atoms with Gasteiger partial charge in [-0.25, -0.2) is 4.39 Å². The van der Waals surface area contributed by atoms with E-state index in [4.69, 9.17) is 4.74 Å². The number of ether oxygens (including phenoxy) is 1. The fraction of sp³-hybridized carbons (Fsp3) is 0.346. The summed E-state index contributed by atoms with van der Waals surface area (Å²) in [4.78, 5) is 0. The molecule has 36 heavy (non-hydrogen) atoms. The second-order valence-corrected chi connectivity index (χ2v) is 9.02. The van der Waals surface area contributed by atoms with E-state index in [1.807, 2.05) is 6.92 Å². The highest BCUT2D eigenvalue weighted by molar-refractivity contribution is 5.39. The quantitative estimate of drug-likeness (QED) is 0.228. The van der Waals surface area contributed by atoms with Crippen molar-refractivity contribution in [2.45, 2.75) is 56.7 Å². The highest BCUT2D eigenvalue weighted by Gasteiger charge is 2.42. The standard InChI is InChI=1S/C26H23F7NO2/c1-14-10-22(23(16-5-7-20(27)8-6-16)21-4-3-9-34(35)24(14)21)36-15(2)17-11-18(25(28,29)30)13-19(12-17)26(31,32)33/h3-9,11-15,22-23,35H,10H2,1-2H3/q+1/t14-,15-,22+,23+/m1/s1. The number of hydrogen-bond acceptors (Lipinski definition) is 2. The maximum atomic E-state index is 13.6. The minimum atomic E-state index is -4.97. The zero-order valence-corrected chi connectivity index (χ0v) is 19.2. The number of rotatable bonds is 4. The molecule has 0 amide bonds. The fourth-order valence-electron chi connectivity index (χ4n) is 4.85. The SMILES string of the molecule is C[C@@H]1C[C@H](O[C@H](C)c2cc(C(F)(F)F)cc(C(F)(F)F)c2)[C@@H](c2ccc(F)cc2)c2ccc[n+](O)c21. The van der Waals surface area contributed by atoms with Crippen LogP contribution >= 0.6 is 0 Å². The predicted octanol–water partition coefficient (Wildman–Crippen LogP) is 7.17. The Bertz CT molecular complexity index is 1210. The average Bonchev–Trinajstić information content (AvgIpc) is 2.78. The molecule has 192 valence electrons. The van der Waals surface area contributed by atoms with Crippen LogP contribution < -0.4 is 4.73 Å². The summed E-state index contributed by atoms with van der Waals surface area (Å²) in [5.74, 6) is -1.26. The van der Waals surface area contributed by atoms with Crippen molar-refractivity contribution >= 4 is 0 Å². The van der Waals surface area contributed by atoms with Crippen LogP contribution in [-0.2, 0) is 17.1 Å². The fourth-order valence-corrected chi connectivity index (χ4v) is 4.85. The van der Waals surface area contributed by atoms with E-state index in [2.05, 4.69) is 0 Å². The van der Waals surface area contributed by atoms with Crippen molar-refractivity contribution < 1.29 is 45.4 Å². The van der Waals surface area contributed by atoms with Gasteiger partial charge in [-0.05, 0) is 60.9 Å². The molecule has 1 aliphatic carbocycles. The minimum absolute atomic E-state index is 0.0798. The Morgan fingerprint density at radius 3 is 2.08 bits per heavy atom. The number of nitrogens with zero attached hydrogens (tertiary/aromatic N) is 1. The van der Waals surface area contributed by atoms with Gasteiger partial charge in [0.2, 0.25) is 11.9 Å². The Labute approximate surface area is 202 Å². The van der Waals surface area contributed by atoms with Gasteiger partial charge < -0.3 is 4.74 Å². The zero-order valence-electron chi connectivity index (χ0n) is 19.2. The zero-order chi connectivity index (χ0) is 26.4. The van der Waals surface area contributed by atoms with E-state index in [0.717, 1.165) is 4.73 Å². The molecule has 1 N–H and O–H groups in total. The van der Waals surface area contributed by atoms with E-state index in [9.17, 15) is 35.9 Å². The van der Waals surface area contributed by atoms with Crippen molar-refractivity contribution in [3.8, 4) is 0 Å². The summed E-state index contributed by atoms with van der Waals surface area (Å²) in [6.45, 7) is 3.23. The second kappa shape index (κ2) is 9.38. The number of hydrogen-bond donors (Lipinski definition) is 1. The maximum absolute atomic E-state index is 13.6. The van der Waals surface area contributed by atoms with Gasteiger partial charge in [0.15, 0.2) is 0 Å². The van der Waals surface area contributed by atoms with Gasteiger partial charge in [0.1, 0.15) is 5.82 Å². The van der Waals surface area contributed by atoms with Gasteiger partial charge in [-0.3, -0.25) is 5.21 Å². The van der Waals surface area contributed by atoms with Crippen LogP contribution in [0.3, 0.4) is 0 Å². The van der Waals surface area contributed by atoms with E-state index in [1.54, 1.807) is 24.3 Å². The summed E-state index contributed by atoms with van der Waals surface area (Å²) in [5, 5.41) is 10.4. The molecule has 0 saturated carbocycles. The Morgan fingerprint density at radius 2 is 1.53 bits per heavy atom. The molecule has 4 rings (SSSR count). The van der Waals surface area contributed by atoms with Crippen molar-refractivity contribution in [2.75, 3.05) is 0 Å². The number of aromatic nitrogens is 1. The highest BCUT2D eigenvalue weighted by Crippen LogP contribution is 2.44. The molecule has 1 aliphatic rings. The number of fused-ring (bicyclic) bond motifs is 1. The summed E-state index contributed by atoms with van der Waals surface area (Å²) in [7, 11) is 0. The van der Waals surface area contributed by atoms with Crippen molar-refractivity contribution in [3.63, 3.8) is 0 Å². The molecular weight excluding hydrogens is 491 g/mol. The molecule has 0 fully saturated rings. The first-order valence-electron chi connectivity index (χ1n) is 11.2. The monoisotopic (exact) mass is 514 g/mol. The van der Waals surface area contributed by atoms with Crippen LogP contribution in [0.4, 0.5) is 30.7 Å². The molecule has 10 heteroatoms. The smallest absolute Gasteiger partial charge is 0.370 e. The summed E-state index contributed by atoms with van der Waals surface area (Å²) >= 11 is 0. The molecule has 0 saturated heterocycles. The van der Waals surface area contributed by atoms with Crippen LogP contribution in [0.5, 0.6) is 0 Å². The van der Waals surface area contributed by atoms with E-state index in [1.165, 1.54) is 25.3 Å². The van der Waals surface area contributed by atoms with Gasteiger partial charge >= 0.3 is 12.4 Å². The third-order valence-corrected chi connectivity index (χ3v) is 6.49. The van der Waals surface area contributed by atoms with Crippen LogP contribution in [0.2, 0.25) is 0 Å². The molecule has 4 atom stereocenters. The topological polar surface area (TPSA) is 33.3 Å². The van der Waals surface area contributed by atoms with E-state index >= 15 is 0 Å². The molecule has 0 unspecified atom stereocenters. The van der Waals surface area contributed by atoms with Crippen LogP contribution in [-0.4, -0.2) is 11.3 Å². The number of benzene rings is 2. The van der Waals surface area contributed by atoms with Gasteiger partial charge in [-0.2, -0.15) is 26.3 Å². The summed E-state index contributed by atoms with van der Waals surface area (Å²) in [5.41, 5.74) is -1.20. The third-order valence-electron chi connectivity index (χ3n) is 6.49. The molecule has 0 bridgehead atoms. The molecule has 2 aromatic carbocycles. The van der Waals surface area contributed by atoms with E-state index in [-0.39, 0.29) is 17.5 Å². The lowest BCUT2D eigenvalue weighted by Gasteiger charge is -2.36. The molecule has 1 heterocycles. The summed E-state index contributed by atoms with van der Waals surface area (Å²) in [6.07, 6.45) is -9.98. The third kappa shape index (κ3) is 5.18. The minimum Gasteiger partial charge on any atom is -0.370 e. The van der Waals surface area contributed by atoms with Crippen molar-refractivity contribution in [2.24, 2.45) is 0 Å². The Balaban J connectivity index is 1.76. The van der Waals surface area contributed by atoms with E-state index in [0.29, 0.717) is 35.4 Å². The van der Waals surface area contributed by atoms with Crippen molar-refractivity contribution in [3.05, 3.63) is 100 Å². The van der Waals surface area contributed by atoms with E-state index < -0.39 is 47.4 Å². The first-order chi connectivity index (χ1) is 16.8.